The van der Waals surface area contributed by atoms with Crippen molar-refractivity contribution in [1.29, 1.82) is 0 Å². The van der Waals surface area contributed by atoms with Crippen molar-refractivity contribution in [3.8, 4) is 5.75 Å². The average Bonchev–Trinajstić information content (AvgIpc) is 2.85. The molecule has 0 spiro atoms. The molecule has 5 heteroatoms. The highest BCUT2D eigenvalue weighted by Crippen LogP contribution is 2.29. The first kappa shape index (κ1) is 12.4. The third kappa shape index (κ3) is 2.98. The molecule has 17 heavy (non-hydrogen) atoms. The number of thiazole rings is 1. The maximum Gasteiger partial charge on any atom is 0.135 e. The molecule has 90 valence electrons. The lowest BCUT2D eigenvalue weighted by Gasteiger charge is -2.14. The summed E-state index contributed by atoms with van der Waals surface area (Å²) in [4.78, 5) is 4.29. The number of nitrogens with one attached hydrogen (secondary N) is 1. The Morgan fingerprint density at radius 3 is 2.94 bits per heavy atom. The maximum absolute atomic E-state index is 5.26. The standard InChI is InChI=1S/C12H13BrN2OS/c1-8(11-6-17-7-14-11)15-9-3-4-10(13)12(5-9)16-2/h3-8,15H,1-2H3. The molecule has 1 atom stereocenters. The number of benzene rings is 1. The summed E-state index contributed by atoms with van der Waals surface area (Å²) in [7, 11) is 1.66. The molecule has 1 unspecified atom stereocenters. The molecule has 0 aliphatic carbocycles. The minimum absolute atomic E-state index is 0.187. The number of hydrogen-bond donors (Lipinski definition) is 1. The van der Waals surface area contributed by atoms with Crippen LogP contribution in [0, 0.1) is 0 Å². The van der Waals surface area contributed by atoms with Crippen molar-refractivity contribution >= 4 is 33.0 Å². The van der Waals surface area contributed by atoms with Gasteiger partial charge in [-0.05, 0) is 35.0 Å². The molecular weight excluding hydrogens is 300 g/mol. The van der Waals surface area contributed by atoms with E-state index < -0.39 is 0 Å². The van der Waals surface area contributed by atoms with Crippen LogP contribution in [0.1, 0.15) is 18.7 Å². The van der Waals surface area contributed by atoms with E-state index in [4.69, 9.17) is 4.74 Å². The van der Waals surface area contributed by atoms with E-state index in [2.05, 4.69) is 33.2 Å². The second-order valence-corrected chi connectivity index (χ2v) is 5.20. The Balaban J connectivity index is 2.13. The molecule has 3 nitrogen and oxygen atoms in total. The highest BCUT2D eigenvalue weighted by Gasteiger charge is 2.08. The van der Waals surface area contributed by atoms with Gasteiger partial charge in [-0.1, -0.05) is 0 Å². The van der Waals surface area contributed by atoms with E-state index in [0.29, 0.717) is 0 Å². The summed E-state index contributed by atoms with van der Waals surface area (Å²) >= 11 is 5.04. The molecule has 0 aliphatic heterocycles. The van der Waals surface area contributed by atoms with E-state index in [0.717, 1.165) is 21.6 Å². The third-order valence-electron chi connectivity index (χ3n) is 2.43. The Bertz CT molecular complexity index is 487. The topological polar surface area (TPSA) is 34.1 Å². The summed E-state index contributed by atoms with van der Waals surface area (Å²) in [6, 6.07) is 6.13. The number of rotatable bonds is 4. The summed E-state index contributed by atoms with van der Waals surface area (Å²) in [5.41, 5.74) is 3.91. The van der Waals surface area contributed by atoms with Gasteiger partial charge in [-0.3, -0.25) is 0 Å². The van der Waals surface area contributed by atoms with E-state index in [9.17, 15) is 0 Å². The Morgan fingerprint density at radius 2 is 2.29 bits per heavy atom. The van der Waals surface area contributed by atoms with Crippen LogP contribution >= 0.6 is 27.3 Å². The van der Waals surface area contributed by atoms with Crippen molar-refractivity contribution in [3.05, 3.63) is 39.3 Å². The van der Waals surface area contributed by atoms with Gasteiger partial charge in [0, 0.05) is 17.1 Å². The van der Waals surface area contributed by atoms with Gasteiger partial charge in [0.2, 0.25) is 0 Å². The van der Waals surface area contributed by atoms with Crippen LogP contribution in [0.4, 0.5) is 5.69 Å². The second-order valence-electron chi connectivity index (χ2n) is 3.63. The normalized spacial score (nSPS) is 12.2. The lowest BCUT2D eigenvalue weighted by Crippen LogP contribution is -2.06. The van der Waals surface area contributed by atoms with E-state index in [1.165, 1.54) is 0 Å². The fourth-order valence-electron chi connectivity index (χ4n) is 1.51. The molecule has 1 N–H and O–H groups in total. The maximum atomic E-state index is 5.26. The summed E-state index contributed by atoms with van der Waals surface area (Å²) in [5, 5.41) is 5.44. The molecule has 1 aromatic carbocycles. The van der Waals surface area contributed by atoms with Crippen LogP contribution in [0.15, 0.2) is 33.6 Å². The van der Waals surface area contributed by atoms with Gasteiger partial charge in [0.05, 0.1) is 28.8 Å². The number of aromatic nitrogens is 1. The number of halogens is 1. The number of methoxy groups -OCH3 is 1. The SMILES string of the molecule is COc1cc(NC(C)c2cscn2)ccc1Br. The van der Waals surface area contributed by atoms with Crippen molar-refractivity contribution < 1.29 is 4.74 Å². The summed E-state index contributed by atoms with van der Waals surface area (Å²) < 4.78 is 6.21. The van der Waals surface area contributed by atoms with Gasteiger partial charge in [-0.15, -0.1) is 11.3 Å². The number of anilines is 1. The minimum Gasteiger partial charge on any atom is -0.495 e. The predicted octanol–water partition coefficient (Wildman–Crippen LogP) is 4.09. The van der Waals surface area contributed by atoms with Gasteiger partial charge in [0.15, 0.2) is 0 Å². The summed E-state index contributed by atoms with van der Waals surface area (Å²) in [6.45, 7) is 2.09. The zero-order valence-corrected chi connectivity index (χ0v) is 12.0. The van der Waals surface area contributed by atoms with E-state index in [1.54, 1.807) is 18.4 Å². The Morgan fingerprint density at radius 1 is 1.47 bits per heavy atom. The van der Waals surface area contributed by atoms with Gasteiger partial charge < -0.3 is 10.1 Å². The Kier molecular flexibility index (Phi) is 4.02. The zero-order chi connectivity index (χ0) is 12.3. The first-order valence-corrected chi connectivity index (χ1v) is 6.92. The van der Waals surface area contributed by atoms with Crippen LogP contribution in [0.25, 0.3) is 0 Å². The predicted molar refractivity (Wildman–Crippen MR) is 74.8 cm³/mol. The quantitative estimate of drug-likeness (QED) is 0.923. The van der Waals surface area contributed by atoms with Gasteiger partial charge >= 0.3 is 0 Å². The molecule has 0 aliphatic rings. The highest BCUT2D eigenvalue weighted by atomic mass is 79.9. The van der Waals surface area contributed by atoms with Crippen LogP contribution in [-0.2, 0) is 0 Å². The van der Waals surface area contributed by atoms with Gasteiger partial charge in [-0.25, -0.2) is 4.98 Å². The van der Waals surface area contributed by atoms with Gasteiger partial charge in [0.1, 0.15) is 5.75 Å². The largest absolute Gasteiger partial charge is 0.495 e. The monoisotopic (exact) mass is 312 g/mol. The van der Waals surface area contributed by atoms with Crippen LogP contribution in [0.5, 0.6) is 5.75 Å². The molecule has 1 heterocycles. The summed E-state index contributed by atoms with van der Waals surface area (Å²) in [5.74, 6) is 0.820. The minimum atomic E-state index is 0.187. The van der Waals surface area contributed by atoms with Crippen LogP contribution in [-0.4, -0.2) is 12.1 Å². The molecule has 1 aromatic heterocycles. The Labute approximate surface area is 113 Å². The smallest absolute Gasteiger partial charge is 0.135 e. The average molecular weight is 313 g/mol. The van der Waals surface area contributed by atoms with Crippen molar-refractivity contribution in [2.45, 2.75) is 13.0 Å². The highest BCUT2D eigenvalue weighted by molar-refractivity contribution is 9.10. The third-order valence-corrected chi connectivity index (χ3v) is 3.69. The first-order chi connectivity index (χ1) is 8.20. The van der Waals surface area contributed by atoms with Gasteiger partial charge in [-0.2, -0.15) is 0 Å². The fraction of sp³-hybridized carbons (Fsp3) is 0.250. The molecular formula is C12H13BrN2OS. The number of ether oxygens (including phenoxy) is 1. The molecule has 0 bridgehead atoms. The lowest BCUT2D eigenvalue weighted by atomic mass is 10.2. The Hall–Kier alpha value is -1.07. The number of hydrogen-bond acceptors (Lipinski definition) is 4. The van der Waals surface area contributed by atoms with Gasteiger partial charge in [0.25, 0.3) is 0 Å². The molecule has 2 rings (SSSR count). The fourth-order valence-corrected chi connectivity index (χ4v) is 2.57. The van der Waals surface area contributed by atoms with Crippen molar-refractivity contribution in [2.75, 3.05) is 12.4 Å². The van der Waals surface area contributed by atoms with E-state index >= 15 is 0 Å². The first-order valence-electron chi connectivity index (χ1n) is 5.19. The molecule has 0 radical (unpaired) electrons. The van der Waals surface area contributed by atoms with Crippen molar-refractivity contribution in [1.82, 2.24) is 4.98 Å². The van der Waals surface area contributed by atoms with E-state index in [-0.39, 0.29) is 6.04 Å². The molecule has 0 amide bonds. The molecule has 0 fully saturated rings. The number of nitrogens with zero attached hydrogens (tertiary/aromatic N) is 1. The second kappa shape index (κ2) is 5.51. The zero-order valence-electron chi connectivity index (χ0n) is 9.61. The van der Waals surface area contributed by atoms with Crippen LogP contribution < -0.4 is 10.1 Å². The van der Waals surface area contributed by atoms with Crippen molar-refractivity contribution in [3.63, 3.8) is 0 Å². The van der Waals surface area contributed by atoms with Crippen LogP contribution in [0.3, 0.4) is 0 Å². The van der Waals surface area contributed by atoms with Crippen LogP contribution in [0.2, 0.25) is 0 Å². The van der Waals surface area contributed by atoms with Crippen molar-refractivity contribution in [2.24, 2.45) is 0 Å². The van der Waals surface area contributed by atoms with E-state index in [1.807, 2.05) is 29.1 Å². The lowest BCUT2D eigenvalue weighted by molar-refractivity contribution is 0.412. The molecule has 0 saturated carbocycles. The molecule has 0 saturated heterocycles. The summed E-state index contributed by atoms with van der Waals surface area (Å²) in [6.07, 6.45) is 0. The molecule has 2 aromatic rings.